The van der Waals surface area contributed by atoms with E-state index in [-0.39, 0.29) is 0 Å². The van der Waals surface area contributed by atoms with Gasteiger partial charge in [0.15, 0.2) is 0 Å². The normalized spacial score (nSPS) is 22.9. The number of carboxylic acid groups (broad SMARTS) is 1. The Bertz CT molecular complexity index is 473. The van der Waals surface area contributed by atoms with Crippen LogP contribution in [0.15, 0.2) is 18.2 Å². The van der Waals surface area contributed by atoms with Gasteiger partial charge in [-0.3, -0.25) is 0 Å². The summed E-state index contributed by atoms with van der Waals surface area (Å²) in [4.78, 5) is 11.3. The largest absolute Gasteiger partial charge is 0.497 e. The number of rotatable bonds is 4. The van der Waals surface area contributed by atoms with Gasteiger partial charge in [0.1, 0.15) is 5.75 Å². The van der Waals surface area contributed by atoms with Crippen molar-refractivity contribution < 1.29 is 14.6 Å². The monoisotopic (exact) mass is 277 g/mol. The van der Waals surface area contributed by atoms with Crippen LogP contribution in [0.2, 0.25) is 0 Å². The summed E-state index contributed by atoms with van der Waals surface area (Å²) in [5.41, 5.74) is 0.972. The van der Waals surface area contributed by atoms with Crippen molar-refractivity contribution in [3.05, 3.63) is 23.8 Å². The zero-order chi connectivity index (χ0) is 14.5. The Labute approximate surface area is 120 Å². The van der Waals surface area contributed by atoms with Gasteiger partial charge in [0, 0.05) is 12.1 Å². The summed E-state index contributed by atoms with van der Waals surface area (Å²) in [7, 11) is 1.59. The lowest BCUT2D eigenvalue weighted by atomic mass is 10.0. The first-order valence-corrected chi connectivity index (χ1v) is 7.28. The summed E-state index contributed by atoms with van der Waals surface area (Å²) in [6.45, 7) is 2.29. The average Bonchev–Trinajstić information content (AvgIpc) is 2.63. The molecule has 0 aromatic heterocycles. The molecular weight excluding hydrogens is 254 g/mol. The molecule has 0 heterocycles. The molecule has 0 amide bonds. The molecule has 1 aromatic rings. The quantitative estimate of drug-likeness (QED) is 0.822. The van der Waals surface area contributed by atoms with Crippen LogP contribution >= 0.6 is 0 Å². The van der Waals surface area contributed by atoms with Gasteiger partial charge in [-0.05, 0) is 37.3 Å². The van der Waals surface area contributed by atoms with Gasteiger partial charge in [-0.2, -0.15) is 0 Å². The molecule has 1 aromatic carbocycles. The van der Waals surface area contributed by atoms with E-state index < -0.39 is 5.97 Å². The van der Waals surface area contributed by atoms with Crippen molar-refractivity contribution in [3.8, 4) is 5.75 Å². The summed E-state index contributed by atoms with van der Waals surface area (Å²) < 4.78 is 5.19. The van der Waals surface area contributed by atoms with E-state index in [1.165, 1.54) is 19.3 Å². The first-order chi connectivity index (χ1) is 9.60. The minimum absolute atomic E-state index is 0.308. The second-order valence-electron chi connectivity index (χ2n) is 5.67. The number of hydrogen-bond donors (Lipinski definition) is 2. The fourth-order valence-corrected chi connectivity index (χ4v) is 2.81. The van der Waals surface area contributed by atoms with Crippen molar-refractivity contribution in [1.82, 2.24) is 0 Å². The summed E-state index contributed by atoms with van der Waals surface area (Å²) >= 11 is 0. The molecule has 2 unspecified atom stereocenters. The van der Waals surface area contributed by atoms with Crippen LogP contribution in [0.25, 0.3) is 0 Å². The molecule has 4 heteroatoms. The smallest absolute Gasteiger partial charge is 0.337 e. The maximum atomic E-state index is 11.3. The Morgan fingerprint density at radius 2 is 2.10 bits per heavy atom. The average molecular weight is 277 g/mol. The molecule has 1 saturated carbocycles. The molecule has 20 heavy (non-hydrogen) atoms. The Morgan fingerprint density at radius 3 is 2.80 bits per heavy atom. The molecule has 0 spiro atoms. The van der Waals surface area contributed by atoms with E-state index in [0.29, 0.717) is 23.0 Å². The van der Waals surface area contributed by atoms with Crippen LogP contribution in [0.4, 0.5) is 5.69 Å². The van der Waals surface area contributed by atoms with E-state index in [0.717, 1.165) is 18.8 Å². The minimum atomic E-state index is -0.905. The van der Waals surface area contributed by atoms with Crippen LogP contribution in [0.3, 0.4) is 0 Å². The molecule has 110 valence electrons. The lowest BCUT2D eigenvalue weighted by molar-refractivity contribution is 0.0698. The molecule has 0 saturated heterocycles. The van der Waals surface area contributed by atoms with Gasteiger partial charge in [-0.15, -0.1) is 0 Å². The van der Waals surface area contributed by atoms with E-state index in [1.54, 1.807) is 25.3 Å². The Kier molecular flexibility index (Phi) is 4.88. The third-order valence-electron chi connectivity index (χ3n) is 4.07. The van der Waals surface area contributed by atoms with E-state index in [2.05, 4.69) is 12.2 Å². The second-order valence-corrected chi connectivity index (χ2v) is 5.67. The zero-order valence-corrected chi connectivity index (χ0v) is 12.2. The molecule has 2 atom stereocenters. The molecule has 4 nitrogen and oxygen atoms in total. The molecule has 0 bridgehead atoms. The standard InChI is InChI=1S/C16H23NO3/c1-11-4-3-5-12(7-6-11)17-15-10-13(20-2)8-9-14(15)16(18)19/h8-12,17H,3-7H2,1-2H3,(H,18,19). The summed E-state index contributed by atoms with van der Waals surface area (Å²) in [6.07, 6.45) is 5.86. The highest BCUT2D eigenvalue weighted by Gasteiger charge is 2.19. The van der Waals surface area contributed by atoms with Gasteiger partial charge in [0.2, 0.25) is 0 Å². The number of benzene rings is 1. The van der Waals surface area contributed by atoms with Crippen molar-refractivity contribution in [3.63, 3.8) is 0 Å². The summed E-state index contributed by atoms with van der Waals surface area (Å²) in [6, 6.07) is 5.41. The molecule has 1 aliphatic rings. The predicted molar refractivity (Wildman–Crippen MR) is 79.6 cm³/mol. The van der Waals surface area contributed by atoms with Crippen LogP contribution in [-0.4, -0.2) is 24.2 Å². The van der Waals surface area contributed by atoms with Crippen molar-refractivity contribution >= 4 is 11.7 Å². The zero-order valence-electron chi connectivity index (χ0n) is 12.2. The predicted octanol–water partition coefficient (Wildman–Crippen LogP) is 3.77. The number of ether oxygens (including phenoxy) is 1. The number of methoxy groups -OCH3 is 1. The highest BCUT2D eigenvalue weighted by Crippen LogP contribution is 2.28. The van der Waals surface area contributed by atoms with Crippen molar-refractivity contribution in [2.45, 2.75) is 45.1 Å². The van der Waals surface area contributed by atoms with Crippen LogP contribution in [-0.2, 0) is 0 Å². The highest BCUT2D eigenvalue weighted by atomic mass is 16.5. The number of carboxylic acids is 1. The van der Waals surface area contributed by atoms with Gasteiger partial charge in [0.05, 0.1) is 18.4 Å². The van der Waals surface area contributed by atoms with E-state index in [1.807, 2.05) is 0 Å². The number of nitrogens with one attached hydrogen (secondary N) is 1. The molecule has 2 rings (SSSR count). The maximum Gasteiger partial charge on any atom is 0.337 e. The number of hydrogen-bond acceptors (Lipinski definition) is 3. The maximum absolute atomic E-state index is 11.3. The second kappa shape index (κ2) is 6.64. The highest BCUT2D eigenvalue weighted by molar-refractivity contribution is 5.94. The molecular formula is C16H23NO3. The van der Waals surface area contributed by atoms with E-state index in [9.17, 15) is 9.90 Å². The summed E-state index contributed by atoms with van der Waals surface area (Å²) in [5.74, 6) is 0.544. The van der Waals surface area contributed by atoms with E-state index in [4.69, 9.17) is 4.74 Å². The van der Waals surface area contributed by atoms with Crippen LogP contribution < -0.4 is 10.1 Å². The lowest BCUT2D eigenvalue weighted by Crippen LogP contribution is -2.20. The van der Waals surface area contributed by atoms with Gasteiger partial charge in [0.25, 0.3) is 0 Å². The van der Waals surface area contributed by atoms with E-state index >= 15 is 0 Å². The first-order valence-electron chi connectivity index (χ1n) is 7.28. The molecule has 1 fully saturated rings. The summed E-state index contributed by atoms with van der Waals surface area (Å²) in [5, 5.41) is 12.7. The topological polar surface area (TPSA) is 58.6 Å². The lowest BCUT2D eigenvalue weighted by Gasteiger charge is -2.19. The Hall–Kier alpha value is -1.71. The molecule has 1 aliphatic carbocycles. The Balaban J connectivity index is 2.16. The first kappa shape index (κ1) is 14.7. The number of carbonyl (C=O) groups is 1. The fourth-order valence-electron chi connectivity index (χ4n) is 2.81. The van der Waals surface area contributed by atoms with Gasteiger partial charge in [-0.25, -0.2) is 4.79 Å². The molecule has 0 radical (unpaired) electrons. The SMILES string of the molecule is COc1ccc(C(=O)O)c(NC2CCCC(C)CC2)c1. The van der Waals surface area contributed by atoms with Crippen molar-refractivity contribution in [2.24, 2.45) is 5.92 Å². The third kappa shape index (κ3) is 3.65. The molecule has 2 N–H and O–H groups in total. The van der Waals surface area contributed by atoms with Crippen molar-refractivity contribution in [1.29, 1.82) is 0 Å². The van der Waals surface area contributed by atoms with Gasteiger partial charge in [-0.1, -0.05) is 19.8 Å². The van der Waals surface area contributed by atoms with Crippen LogP contribution in [0.5, 0.6) is 5.75 Å². The number of aromatic carboxylic acids is 1. The van der Waals surface area contributed by atoms with Crippen LogP contribution in [0, 0.1) is 5.92 Å². The minimum Gasteiger partial charge on any atom is -0.497 e. The Morgan fingerprint density at radius 1 is 1.30 bits per heavy atom. The van der Waals surface area contributed by atoms with Gasteiger partial charge >= 0.3 is 5.97 Å². The van der Waals surface area contributed by atoms with Crippen molar-refractivity contribution in [2.75, 3.05) is 12.4 Å². The van der Waals surface area contributed by atoms with Crippen LogP contribution in [0.1, 0.15) is 49.4 Å². The third-order valence-corrected chi connectivity index (χ3v) is 4.07. The number of anilines is 1. The molecule has 0 aliphatic heterocycles. The van der Waals surface area contributed by atoms with Gasteiger partial charge < -0.3 is 15.2 Å². The fraction of sp³-hybridized carbons (Fsp3) is 0.562.